The number of benzene rings is 1. The van der Waals surface area contributed by atoms with E-state index < -0.39 is 5.82 Å². The normalized spacial score (nSPS) is 10.9. The van der Waals surface area contributed by atoms with Gasteiger partial charge in [-0.3, -0.25) is 4.68 Å². The van der Waals surface area contributed by atoms with Crippen molar-refractivity contribution in [2.45, 2.75) is 26.5 Å². The van der Waals surface area contributed by atoms with Gasteiger partial charge in [-0.15, -0.1) is 0 Å². The lowest BCUT2D eigenvalue weighted by molar-refractivity contribution is 0.305. The van der Waals surface area contributed by atoms with E-state index in [-0.39, 0.29) is 5.02 Å². The molecule has 1 aromatic heterocycles. The van der Waals surface area contributed by atoms with E-state index in [1.807, 2.05) is 24.7 Å². The number of hydrogen-bond donors (Lipinski definition) is 0. The Balaban J connectivity index is 2.00. The highest BCUT2D eigenvalue weighted by atomic mass is 35.5. The highest BCUT2D eigenvalue weighted by molar-refractivity contribution is 6.30. The lowest BCUT2D eigenvalue weighted by Gasteiger charge is -2.05. The third-order valence-corrected chi connectivity index (χ3v) is 2.79. The van der Waals surface area contributed by atoms with Crippen LogP contribution in [0.3, 0.4) is 0 Å². The minimum Gasteiger partial charge on any atom is -0.486 e. The van der Waals surface area contributed by atoms with Crippen molar-refractivity contribution in [1.29, 1.82) is 0 Å². The van der Waals surface area contributed by atoms with Gasteiger partial charge in [-0.05, 0) is 31.5 Å². The third-order valence-electron chi connectivity index (χ3n) is 2.50. The molecule has 0 radical (unpaired) electrons. The van der Waals surface area contributed by atoms with E-state index in [2.05, 4.69) is 5.10 Å². The summed E-state index contributed by atoms with van der Waals surface area (Å²) in [6.07, 6.45) is 3.49. The number of aromatic nitrogens is 2. The fourth-order valence-corrected chi connectivity index (χ4v) is 1.68. The predicted molar refractivity (Wildman–Crippen MR) is 68.4 cm³/mol. The summed E-state index contributed by atoms with van der Waals surface area (Å²) >= 11 is 5.69. The molecule has 1 heterocycles. The Labute approximate surface area is 110 Å². The summed E-state index contributed by atoms with van der Waals surface area (Å²) in [7, 11) is 0. The summed E-state index contributed by atoms with van der Waals surface area (Å²) in [5.74, 6) is 0.261. The zero-order chi connectivity index (χ0) is 13.1. The fraction of sp³-hybridized carbons (Fsp3) is 0.308. The maximum atomic E-state index is 13.0. The maximum Gasteiger partial charge on any atom is 0.157 e. The van der Waals surface area contributed by atoms with Gasteiger partial charge in [0.05, 0.1) is 17.4 Å². The van der Waals surface area contributed by atoms with Crippen LogP contribution in [0.4, 0.5) is 4.39 Å². The zero-order valence-electron chi connectivity index (χ0n) is 10.2. The molecule has 5 heteroatoms. The van der Waals surface area contributed by atoms with Gasteiger partial charge < -0.3 is 4.74 Å². The molecule has 0 fully saturated rings. The molecule has 0 aliphatic rings. The molecule has 0 saturated heterocycles. The number of ether oxygens (including phenoxy) is 1. The molecule has 0 saturated carbocycles. The molecule has 96 valence electrons. The lowest BCUT2D eigenvalue weighted by Crippen LogP contribution is -2.00. The van der Waals surface area contributed by atoms with Crippen LogP contribution in [0, 0.1) is 5.82 Å². The summed E-state index contributed by atoms with van der Waals surface area (Å²) in [6, 6.07) is 4.83. The van der Waals surface area contributed by atoms with Crippen molar-refractivity contribution in [3.05, 3.63) is 47.0 Å². The number of nitrogens with zero attached hydrogens (tertiary/aromatic N) is 2. The maximum absolute atomic E-state index is 13.0. The van der Waals surface area contributed by atoms with Gasteiger partial charge in [0, 0.05) is 6.04 Å². The van der Waals surface area contributed by atoms with Gasteiger partial charge in [-0.1, -0.05) is 17.7 Å². The summed E-state index contributed by atoms with van der Waals surface area (Å²) in [5, 5.41) is 4.27. The molecule has 0 aliphatic carbocycles. The second kappa shape index (κ2) is 5.40. The van der Waals surface area contributed by atoms with E-state index >= 15 is 0 Å². The first-order valence-corrected chi connectivity index (χ1v) is 6.05. The Kier molecular flexibility index (Phi) is 3.87. The fourth-order valence-electron chi connectivity index (χ4n) is 1.47. The van der Waals surface area contributed by atoms with Gasteiger partial charge in [0.15, 0.2) is 5.75 Å². The van der Waals surface area contributed by atoms with Gasteiger partial charge in [-0.25, -0.2) is 4.39 Å². The van der Waals surface area contributed by atoms with Crippen molar-refractivity contribution in [3.8, 4) is 5.75 Å². The molecule has 0 unspecified atom stereocenters. The van der Waals surface area contributed by atoms with Crippen LogP contribution in [0.2, 0.25) is 5.02 Å². The van der Waals surface area contributed by atoms with E-state index in [0.29, 0.717) is 18.4 Å². The molecule has 0 N–H and O–H groups in total. The molecule has 0 atom stereocenters. The van der Waals surface area contributed by atoms with Crippen molar-refractivity contribution >= 4 is 11.6 Å². The molecular weight excluding hydrogens is 255 g/mol. The van der Waals surface area contributed by atoms with E-state index in [1.54, 1.807) is 18.3 Å². The Hall–Kier alpha value is -1.55. The standard InChI is InChI=1S/C13H14ClFN2O/c1-9(2)17-7-11(6-16-17)18-8-10-3-4-13(15)12(14)5-10/h3-7,9H,8H2,1-2H3. The van der Waals surface area contributed by atoms with Gasteiger partial charge >= 0.3 is 0 Å². The third kappa shape index (κ3) is 3.01. The monoisotopic (exact) mass is 268 g/mol. The number of rotatable bonds is 4. The molecule has 2 aromatic rings. The first kappa shape index (κ1) is 12.9. The summed E-state index contributed by atoms with van der Waals surface area (Å²) < 4.78 is 20.3. The van der Waals surface area contributed by atoms with Gasteiger partial charge in [-0.2, -0.15) is 5.10 Å². The topological polar surface area (TPSA) is 27.1 Å². The predicted octanol–water partition coefficient (Wildman–Crippen LogP) is 3.84. The van der Waals surface area contributed by atoms with Gasteiger partial charge in [0.2, 0.25) is 0 Å². The molecule has 0 bridgehead atoms. The first-order chi connectivity index (χ1) is 8.56. The van der Waals surface area contributed by atoms with Crippen molar-refractivity contribution < 1.29 is 9.13 Å². The highest BCUT2D eigenvalue weighted by Gasteiger charge is 2.04. The van der Waals surface area contributed by atoms with Crippen molar-refractivity contribution in [2.24, 2.45) is 0 Å². The Morgan fingerprint density at radius 3 is 2.83 bits per heavy atom. The quantitative estimate of drug-likeness (QED) is 0.842. The average molecular weight is 269 g/mol. The van der Waals surface area contributed by atoms with Crippen molar-refractivity contribution in [2.75, 3.05) is 0 Å². The van der Waals surface area contributed by atoms with Crippen molar-refractivity contribution in [3.63, 3.8) is 0 Å². The molecule has 0 amide bonds. The number of hydrogen-bond acceptors (Lipinski definition) is 2. The first-order valence-electron chi connectivity index (χ1n) is 5.67. The van der Waals surface area contributed by atoms with Crippen LogP contribution < -0.4 is 4.74 Å². The Morgan fingerprint density at radius 2 is 2.22 bits per heavy atom. The molecular formula is C13H14ClFN2O. The minimum atomic E-state index is -0.423. The van der Waals surface area contributed by atoms with Crippen LogP contribution in [0.15, 0.2) is 30.6 Å². The molecule has 0 aliphatic heterocycles. The van der Waals surface area contributed by atoms with E-state index in [1.165, 1.54) is 6.07 Å². The van der Waals surface area contributed by atoms with Crippen LogP contribution in [-0.4, -0.2) is 9.78 Å². The Morgan fingerprint density at radius 1 is 1.44 bits per heavy atom. The van der Waals surface area contributed by atoms with E-state index in [0.717, 1.165) is 5.56 Å². The summed E-state index contributed by atoms with van der Waals surface area (Å²) in [6.45, 7) is 4.41. The molecule has 3 nitrogen and oxygen atoms in total. The van der Waals surface area contributed by atoms with E-state index in [4.69, 9.17) is 16.3 Å². The number of halogens is 2. The molecule has 2 rings (SSSR count). The zero-order valence-corrected chi connectivity index (χ0v) is 11.0. The second-order valence-electron chi connectivity index (χ2n) is 4.29. The van der Waals surface area contributed by atoms with Crippen LogP contribution in [-0.2, 0) is 6.61 Å². The smallest absolute Gasteiger partial charge is 0.157 e. The summed E-state index contributed by atoms with van der Waals surface area (Å²) in [5.41, 5.74) is 0.818. The molecule has 0 spiro atoms. The second-order valence-corrected chi connectivity index (χ2v) is 4.69. The minimum absolute atomic E-state index is 0.106. The largest absolute Gasteiger partial charge is 0.486 e. The molecule has 18 heavy (non-hydrogen) atoms. The van der Waals surface area contributed by atoms with Gasteiger partial charge in [0.1, 0.15) is 12.4 Å². The van der Waals surface area contributed by atoms with Gasteiger partial charge in [0.25, 0.3) is 0 Å². The summed E-state index contributed by atoms with van der Waals surface area (Å²) in [4.78, 5) is 0. The van der Waals surface area contributed by atoms with Crippen molar-refractivity contribution in [1.82, 2.24) is 9.78 Å². The Bertz CT molecular complexity index is 540. The highest BCUT2D eigenvalue weighted by Crippen LogP contribution is 2.18. The van der Waals surface area contributed by atoms with Crippen LogP contribution in [0.5, 0.6) is 5.75 Å². The lowest BCUT2D eigenvalue weighted by atomic mass is 10.2. The SMILES string of the molecule is CC(C)n1cc(OCc2ccc(F)c(Cl)c2)cn1. The molecule has 1 aromatic carbocycles. The van der Waals surface area contributed by atoms with Crippen LogP contribution in [0.25, 0.3) is 0 Å². The van der Waals surface area contributed by atoms with Crippen LogP contribution >= 0.6 is 11.6 Å². The average Bonchev–Trinajstić information content (AvgIpc) is 2.79. The van der Waals surface area contributed by atoms with E-state index in [9.17, 15) is 4.39 Å². The van der Waals surface area contributed by atoms with Crippen LogP contribution in [0.1, 0.15) is 25.5 Å².